The molecule has 0 aliphatic heterocycles. The smallest absolute Gasteiger partial charge is 0.0654 e. The predicted octanol–water partition coefficient (Wildman–Crippen LogP) is 14.7. The van der Waals surface area contributed by atoms with Gasteiger partial charge in [-0.25, -0.2) is 0 Å². The number of hydrogen-bond acceptors (Lipinski definition) is 0. The zero-order chi connectivity index (χ0) is 28.1. The van der Waals surface area contributed by atoms with Gasteiger partial charge in [-0.1, -0.05) is 26.7 Å². The molecule has 38 heavy (non-hydrogen) atoms. The fourth-order valence-corrected chi connectivity index (χ4v) is 13.5. The Kier molecular flexibility index (Phi) is 28.4. The second kappa shape index (κ2) is 27.9. The third-order valence-corrected chi connectivity index (χ3v) is 17.0. The monoisotopic (exact) mass is 575 g/mol. The van der Waals surface area contributed by atoms with Crippen molar-refractivity contribution in [3.8, 4) is 0 Å². The first-order valence-corrected chi connectivity index (χ1v) is 22.1. The average molecular weight is 575 g/mol. The molecule has 0 unspecified atom stereocenters. The number of unbranched alkanes of at least 4 members (excludes halogenated alkanes) is 24. The molecule has 0 heterocycles. The van der Waals surface area contributed by atoms with Gasteiger partial charge < -0.3 is 0 Å². The Morgan fingerprint density at radius 1 is 0.263 bits per heavy atom. The van der Waals surface area contributed by atoms with E-state index in [-0.39, 0.29) is 0 Å². The van der Waals surface area contributed by atoms with E-state index < -0.39 is 5.96 Å². The molecule has 0 aromatic carbocycles. The summed E-state index contributed by atoms with van der Waals surface area (Å²) in [6.45, 7) is 9.36. The van der Waals surface area contributed by atoms with Crippen LogP contribution in [0, 0.1) is 0 Å². The Hall–Kier alpha value is 0.720. The van der Waals surface area contributed by atoms with Crippen LogP contribution in [0.3, 0.4) is 0 Å². The molecular weight excluding hydrogens is 499 g/mol. The molecule has 0 aliphatic carbocycles. The van der Waals surface area contributed by atoms with E-state index in [0.717, 1.165) is 0 Å². The minimum absolute atomic E-state index is 1.31. The first-order chi connectivity index (χ1) is 18.5. The SMILES string of the molecule is CCCCCCCCCCCCCCP(Cl)(CCCC)(CCCC)CCCCCCCCCCCCCC. The molecular formula is C36H76ClP. The molecule has 0 rings (SSSR count). The minimum atomic E-state index is -2.05. The summed E-state index contributed by atoms with van der Waals surface area (Å²) in [5, 5.41) is 0. The predicted molar refractivity (Wildman–Crippen MR) is 184 cm³/mol. The van der Waals surface area contributed by atoms with Crippen LogP contribution >= 0.6 is 17.2 Å². The Morgan fingerprint density at radius 3 is 0.684 bits per heavy atom. The third-order valence-electron chi connectivity index (χ3n) is 9.28. The van der Waals surface area contributed by atoms with E-state index in [9.17, 15) is 0 Å². The topological polar surface area (TPSA) is 0 Å². The summed E-state index contributed by atoms with van der Waals surface area (Å²) in [6, 6.07) is 0. The molecule has 0 saturated carbocycles. The van der Waals surface area contributed by atoms with Gasteiger partial charge in [0.05, 0.1) is 0 Å². The van der Waals surface area contributed by atoms with E-state index in [1.54, 1.807) is 0 Å². The average Bonchev–Trinajstić information content (AvgIpc) is 2.92. The van der Waals surface area contributed by atoms with Gasteiger partial charge in [0.25, 0.3) is 0 Å². The van der Waals surface area contributed by atoms with Crippen LogP contribution in [0.25, 0.3) is 0 Å². The molecule has 0 bridgehead atoms. The third kappa shape index (κ3) is 23.4. The Morgan fingerprint density at radius 2 is 0.447 bits per heavy atom. The molecule has 0 fully saturated rings. The zero-order valence-corrected chi connectivity index (χ0v) is 29.1. The second-order valence-corrected chi connectivity index (χ2v) is 21.5. The Labute approximate surface area is 248 Å². The van der Waals surface area contributed by atoms with Crippen LogP contribution < -0.4 is 0 Å². The van der Waals surface area contributed by atoms with Gasteiger partial charge in [0.15, 0.2) is 0 Å². The fraction of sp³-hybridized carbons (Fsp3) is 1.00. The first kappa shape index (κ1) is 38.7. The zero-order valence-electron chi connectivity index (χ0n) is 27.5. The van der Waals surface area contributed by atoms with Crippen molar-refractivity contribution < 1.29 is 0 Å². The summed E-state index contributed by atoms with van der Waals surface area (Å²) < 4.78 is 0. The van der Waals surface area contributed by atoms with Crippen LogP contribution in [-0.4, -0.2) is 24.6 Å². The maximum atomic E-state index is 7.95. The molecule has 0 spiro atoms. The van der Waals surface area contributed by atoms with Crippen molar-refractivity contribution in [2.75, 3.05) is 24.6 Å². The number of halogens is 1. The van der Waals surface area contributed by atoms with Gasteiger partial charge in [-0.3, -0.25) is 0 Å². The van der Waals surface area contributed by atoms with Crippen LogP contribution in [0.1, 0.15) is 207 Å². The van der Waals surface area contributed by atoms with E-state index in [4.69, 9.17) is 11.2 Å². The van der Waals surface area contributed by atoms with Gasteiger partial charge in [0.1, 0.15) is 0 Å². The molecule has 0 aromatic rings. The Balaban J connectivity index is 4.25. The standard InChI is InChI=1S/C36H76ClP/c1-5-9-13-15-17-19-21-23-25-27-29-31-35-38(37,33-11-7-3,34-12-8-4)36-32-30-28-26-24-22-20-18-16-14-10-6-2/h5-36H2,1-4H3. The summed E-state index contributed by atoms with van der Waals surface area (Å²) in [6.07, 6.45) is 45.5. The van der Waals surface area contributed by atoms with Gasteiger partial charge in [0, 0.05) is 0 Å². The van der Waals surface area contributed by atoms with Crippen LogP contribution in [0.5, 0.6) is 0 Å². The molecule has 0 N–H and O–H groups in total. The molecule has 0 saturated heterocycles. The minimum Gasteiger partial charge on any atom is -0.0654 e. The molecule has 232 valence electrons. The van der Waals surface area contributed by atoms with Gasteiger partial charge in [-0.05, 0) is 0 Å². The summed E-state index contributed by atoms with van der Waals surface area (Å²) in [4.78, 5) is 0. The van der Waals surface area contributed by atoms with Gasteiger partial charge >= 0.3 is 223 Å². The van der Waals surface area contributed by atoms with Crippen molar-refractivity contribution in [2.24, 2.45) is 0 Å². The van der Waals surface area contributed by atoms with Gasteiger partial charge in [-0.15, -0.1) is 0 Å². The summed E-state index contributed by atoms with van der Waals surface area (Å²) >= 11 is 7.95. The molecule has 0 amide bonds. The van der Waals surface area contributed by atoms with Crippen molar-refractivity contribution in [2.45, 2.75) is 207 Å². The first-order valence-electron chi connectivity index (χ1n) is 18.3. The van der Waals surface area contributed by atoms with Crippen molar-refractivity contribution in [1.29, 1.82) is 0 Å². The van der Waals surface area contributed by atoms with E-state index in [1.807, 2.05) is 0 Å². The quantitative estimate of drug-likeness (QED) is 0.0553. The van der Waals surface area contributed by atoms with Crippen molar-refractivity contribution >= 4 is 17.2 Å². The van der Waals surface area contributed by atoms with Gasteiger partial charge in [0.2, 0.25) is 0 Å². The molecule has 2 heteroatoms. The Bertz CT molecular complexity index is 422. The van der Waals surface area contributed by atoms with E-state index in [2.05, 4.69) is 27.7 Å². The number of hydrogen-bond donors (Lipinski definition) is 0. The maximum absolute atomic E-state index is 7.95. The number of rotatable bonds is 32. The summed E-state index contributed by atoms with van der Waals surface area (Å²) in [7, 11) is 0. The van der Waals surface area contributed by atoms with E-state index in [1.165, 1.54) is 204 Å². The van der Waals surface area contributed by atoms with Crippen LogP contribution in [-0.2, 0) is 0 Å². The van der Waals surface area contributed by atoms with E-state index in [0.29, 0.717) is 0 Å². The summed E-state index contributed by atoms with van der Waals surface area (Å²) in [5.74, 6) is -2.05. The summed E-state index contributed by atoms with van der Waals surface area (Å²) in [5.41, 5.74) is 0. The molecule has 0 aromatic heterocycles. The molecule has 0 atom stereocenters. The van der Waals surface area contributed by atoms with Crippen LogP contribution in [0.15, 0.2) is 0 Å². The van der Waals surface area contributed by atoms with Crippen molar-refractivity contribution in [1.82, 2.24) is 0 Å². The second-order valence-electron chi connectivity index (χ2n) is 13.2. The van der Waals surface area contributed by atoms with Gasteiger partial charge in [-0.2, -0.15) is 0 Å². The molecule has 0 aliphatic rings. The van der Waals surface area contributed by atoms with E-state index >= 15 is 0 Å². The molecule has 0 radical (unpaired) electrons. The van der Waals surface area contributed by atoms with Crippen molar-refractivity contribution in [3.63, 3.8) is 0 Å². The molecule has 0 nitrogen and oxygen atoms in total. The van der Waals surface area contributed by atoms with Crippen LogP contribution in [0.4, 0.5) is 0 Å². The fourth-order valence-electron chi connectivity index (χ4n) is 6.47. The normalized spacial score (nSPS) is 13.1. The van der Waals surface area contributed by atoms with Crippen LogP contribution in [0.2, 0.25) is 0 Å². The van der Waals surface area contributed by atoms with Crippen molar-refractivity contribution in [3.05, 3.63) is 0 Å².